The standard InChI is InChI=1S/C21H15Cl2F3N6O/c22-13-4-1-11(7-14(13)23)10-31-6-5-18(30-31)28-20(33)16-9-19-27-15(12-2-3-12)8-17(21(24,25)26)32(19)29-16/h1,4-9,12H,2-3,10H2,(H,28,30,33). The zero-order chi connectivity index (χ0) is 23.3. The molecule has 1 amide bonds. The fourth-order valence-electron chi connectivity index (χ4n) is 3.42. The maximum absolute atomic E-state index is 13.6. The van der Waals surface area contributed by atoms with Gasteiger partial charge in [0, 0.05) is 29.9 Å². The lowest BCUT2D eigenvalue weighted by Crippen LogP contribution is -2.16. The lowest BCUT2D eigenvalue weighted by atomic mass is 10.2. The normalized spacial score (nSPS) is 14.1. The first-order valence-electron chi connectivity index (χ1n) is 9.94. The molecule has 1 fully saturated rings. The first-order chi connectivity index (χ1) is 15.7. The predicted octanol–water partition coefficient (Wildman–Crippen LogP) is 5.43. The zero-order valence-corrected chi connectivity index (χ0v) is 18.3. The van der Waals surface area contributed by atoms with Crippen molar-refractivity contribution in [1.29, 1.82) is 0 Å². The van der Waals surface area contributed by atoms with E-state index in [0.717, 1.165) is 24.5 Å². The van der Waals surface area contributed by atoms with Crippen molar-refractivity contribution in [2.75, 3.05) is 5.32 Å². The highest BCUT2D eigenvalue weighted by Crippen LogP contribution is 2.41. The number of alkyl halides is 3. The summed E-state index contributed by atoms with van der Waals surface area (Å²) >= 11 is 11.9. The maximum Gasteiger partial charge on any atom is 0.433 e. The van der Waals surface area contributed by atoms with Crippen LogP contribution in [0.3, 0.4) is 0 Å². The molecule has 4 aromatic rings. The monoisotopic (exact) mass is 494 g/mol. The van der Waals surface area contributed by atoms with Gasteiger partial charge in [0.25, 0.3) is 5.91 Å². The number of nitrogens with one attached hydrogen (secondary N) is 1. The second kappa shape index (κ2) is 8.03. The van der Waals surface area contributed by atoms with E-state index in [1.54, 1.807) is 35.1 Å². The number of hydrogen-bond donors (Lipinski definition) is 1. The number of carbonyl (C=O) groups excluding carboxylic acids is 1. The molecule has 1 N–H and O–H groups in total. The largest absolute Gasteiger partial charge is 0.433 e. The number of anilines is 1. The Labute approximate surface area is 195 Å². The van der Waals surface area contributed by atoms with Crippen LogP contribution in [0.4, 0.5) is 19.0 Å². The fraction of sp³-hybridized carbons (Fsp3) is 0.238. The minimum Gasteiger partial charge on any atom is -0.304 e. The quantitative estimate of drug-likeness (QED) is 0.401. The average Bonchev–Trinajstić information content (AvgIpc) is 3.37. The molecule has 7 nitrogen and oxygen atoms in total. The molecule has 170 valence electrons. The third kappa shape index (κ3) is 4.53. The minimum atomic E-state index is -4.63. The molecule has 1 aliphatic rings. The van der Waals surface area contributed by atoms with E-state index in [1.165, 1.54) is 6.07 Å². The summed E-state index contributed by atoms with van der Waals surface area (Å²) in [6.45, 7) is 0.379. The highest BCUT2D eigenvalue weighted by atomic mass is 35.5. The molecule has 0 saturated heterocycles. The van der Waals surface area contributed by atoms with Gasteiger partial charge in [-0.3, -0.25) is 9.48 Å². The Bertz CT molecular complexity index is 1380. The van der Waals surface area contributed by atoms with Gasteiger partial charge < -0.3 is 5.32 Å². The summed E-state index contributed by atoms with van der Waals surface area (Å²) in [6.07, 6.45) is -1.39. The van der Waals surface area contributed by atoms with Crippen LogP contribution in [0.15, 0.2) is 42.6 Å². The summed E-state index contributed by atoms with van der Waals surface area (Å²) < 4.78 is 42.9. The number of carbonyl (C=O) groups is 1. The molecule has 0 atom stereocenters. The predicted molar refractivity (Wildman–Crippen MR) is 116 cm³/mol. The zero-order valence-electron chi connectivity index (χ0n) is 16.8. The second-order valence-corrected chi connectivity index (χ2v) is 8.55. The second-order valence-electron chi connectivity index (χ2n) is 7.74. The maximum atomic E-state index is 13.6. The van der Waals surface area contributed by atoms with Crippen molar-refractivity contribution < 1.29 is 18.0 Å². The highest BCUT2D eigenvalue weighted by molar-refractivity contribution is 6.42. The van der Waals surface area contributed by atoms with Crippen LogP contribution in [0, 0.1) is 0 Å². The molecule has 12 heteroatoms. The van der Waals surface area contributed by atoms with Crippen molar-refractivity contribution in [3.63, 3.8) is 0 Å². The van der Waals surface area contributed by atoms with Crippen molar-refractivity contribution in [3.8, 4) is 0 Å². The molecule has 33 heavy (non-hydrogen) atoms. The lowest BCUT2D eigenvalue weighted by Gasteiger charge is -2.10. The Hall–Kier alpha value is -3.11. The first kappa shape index (κ1) is 21.7. The molecule has 3 aromatic heterocycles. The molecule has 0 bridgehead atoms. The van der Waals surface area contributed by atoms with Gasteiger partial charge in [-0.1, -0.05) is 29.3 Å². The average molecular weight is 495 g/mol. The third-order valence-corrected chi connectivity index (χ3v) is 5.92. The van der Waals surface area contributed by atoms with Crippen molar-refractivity contribution in [2.24, 2.45) is 0 Å². The molecule has 0 radical (unpaired) electrons. The molecular formula is C21H15Cl2F3N6O. The first-order valence-corrected chi connectivity index (χ1v) is 10.7. The van der Waals surface area contributed by atoms with Crippen molar-refractivity contribution in [3.05, 3.63) is 75.3 Å². The summed E-state index contributed by atoms with van der Waals surface area (Å²) in [5.74, 6) is -0.455. The molecular weight excluding hydrogens is 480 g/mol. The van der Waals surface area contributed by atoms with E-state index in [-0.39, 0.29) is 23.1 Å². The van der Waals surface area contributed by atoms with Crippen LogP contribution in [0.2, 0.25) is 10.0 Å². The van der Waals surface area contributed by atoms with E-state index in [4.69, 9.17) is 23.2 Å². The number of halogens is 5. The SMILES string of the molecule is O=C(Nc1ccn(Cc2ccc(Cl)c(Cl)c2)n1)c1cc2nc(C3CC3)cc(C(F)(F)F)n2n1. The summed E-state index contributed by atoms with van der Waals surface area (Å²) in [5, 5.41) is 11.5. The van der Waals surface area contributed by atoms with E-state index in [2.05, 4.69) is 20.5 Å². The van der Waals surface area contributed by atoms with Gasteiger partial charge in [-0.05, 0) is 36.6 Å². The van der Waals surface area contributed by atoms with Crippen molar-refractivity contribution in [2.45, 2.75) is 31.5 Å². The fourth-order valence-corrected chi connectivity index (χ4v) is 3.74. The van der Waals surface area contributed by atoms with Crippen LogP contribution in [0.25, 0.3) is 5.65 Å². The van der Waals surface area contributed by atoms with E-state index in [1.807, 2.05) is 0 Å². The van der Waals surface area contributed by atoms with E-state index >= 15 is 0 Å². The summed E-state index contributed by atoms with van der Waals surface area (Å²) in [7, 11) is 0. The summed E-state index contributed by atoms with van der Waals surface area (Å²) in [4.78, 5) is 16.9. The highest BCUT2D eigenvalue weighted by Gasteiger charge is 2.37. The topological polar surface area (TPSA) is 77.1 Å². The Kier molecular flexibility index (Phi) is 5.29. The van der Waals surface area contributed by atoms with Gasteiger partial charge in [-0.15, -0.1) is 0 Å². The van der Waals surface area contributed by atoms with Gasteiger partial charge in [-0.2, -0.15) is 23.4 Å². The van der Waals surface area contributed by atoms with Crippen LogP contribution in [0.5, 0.6) is 0 Å². The smallest absolute Gasteiger partial charge is 0.304 e. The molecule has 0 aliphatic heterocycles. The number of fused-ring (bicyclic) bond motifs is 1. The van der Waals surface area contributed by atoms with Gasteiger partial charge in [0.2, 0.25) is 0 Å². The van der Waals surface area contributed by atoms with E-state index < -0.39 is 17.8 Å². The van der Waals surface area contributed by atoms with Crippen molar-refractivity contribution >= 4 is 40.6 Å². The van der Waals surface area contributed by atoms with Gasteiger partial charge >= 0.3 is 6.18 Å². The van der Waals surface area contributed by atoms with E-state index in [9.17, 15) is 18.0 Å². The molecule has 1 aromatic carbocycles. The molecule has 1 aliphatic carbocycles. The van der Waals surface area contributed by atoms with Crippen LogP contribution >= 0.6 is 23.2 Å². The number of nitrogens with zero attached hydrogens (tertiary/aromatic N) is 5. The Morgan fingerprint density at radius 3 is 2.58 bits per heavy atom. The van der Waals surface area contributed by atoms with Gasteiger partial charge in [0.15, 0.2) is 17.2 Å². The molecule has 0 unspecified atom stereocenters. The van der Waals surface area contributed by atoms with Crippen LogP contribution in [-0.4, -0.2) is 30.3 Å². The van der Waals surface area contributed by atoms with Crippen molar-refractivity contribution in [1.82, 2.24) is 24.4 Å². The van der Waals surface area contributed by atoms with Crippen LogP contribution < -0.4 is 5.32 Å². The Balaban J connectivity index is 1.37. The Morgan fingerprint density at radius 1 is 1.09 bits per heavy atom. The summed E-state index contributed by atoms with van der Waals surface area (Å²) in [6, 6.07) is 8.99. The lowest BCUT2D eigenvalue weighted by molar-refractivity contribution is -0.142. The summed E-state index contributed by atoms with van der Waals surface area (Å²) in [5.41, 5.74) is 0.0343. The van der Waals surface area contributed by atoms with Crippen LogP contribution in [-0.2, 0) is 12.7 Å². The third-order valence-electron chi connectivity index (χ3n) is 5.18. The number of amides is 1. The number of hydrogen-bond acceptors (Lipinski definition) is 4. The van der Waals surface area contributed by atoms with E-state index in [0.29, 0.717) is 26.8 Å². The molecule has 5 rings (SSSR count). The van der Waals surface area contributed by atoms with Gasteiger partial charge in [-0.25, -0.2) is 9.50 Å². The van der Waals surface area contributed by atoms with Gasteiger partial charge in [0.1, 0.15) is 5.69 Å². The van der Waals surface area contributed by atoms with Crippen LogP contribution in [0.1, 0.15) is 46.2 Å². The molecule has 3 heterocycles. The number of aromatic nitrogens is 5. The molecule has 1 saturated carbocycles. The minimum absolute atomic E-state index is 0.0164. The Morgan fingerprint density at radius 2 is 1.88 bits per heavy atom. The number of benzene rings is 1. The van der Waals surface area contributed by atoms with Gasteiger partial charge in [0.05, 0.1) is 16.6 Å². The molecule has 0 spiro atoms. The number of rotatable bonds is 5.